The molecule has 0 radical (unpaired) electrons. The minimum atomic E-state index is -1.47. The molecular formula is C43H55N7O8S. The van der Waals surface area contributed by atoms with Crippen molar-refractivity contribution in [3.8, 4) is 17.1 Å². The van der Waals surface area contributed by atoms with E-state index in [9.17, 15) is 24.3 Å². The molecule has 7 rings (SSSR count). The molecule has 1 saturated carbocycles. The highest BCUT2D eigenvalue weighted by Gasteiger charge is 2.62. The van der Waals surface area contributed by atoms with Crippen LogP contribution in [0.2, 0.25) is 0 Å². The Morgan fingerprint density at radius 1 is 1.12 bits per heavy atom. The lowest BCUT2D eigenvalue weighted by Gasteiger charge is -2.30. The first-order valence-electron chi connectivity index (χ1n) is 20.8. The third-order valence-corrected chi connectivity index (χ3v) is 12.5. The van der Waals surface area contributed by atoms with Crippen molar-refractivity contribution in [1.29, 1.82) is 0 Å². The van der Waals surface area contributed by atoms with Gasteiger partial charge in [-0.05, 0) is 70.6 Å². The Labute approximate surface area is 348 Å². The predicted molar refractivity (Wildman–Crippen MR) is 224 cm³/mol. The van der Waals surface area contributed by atoms with Gasteiger partial charge in [0.15, 0.2) is 10.7 Å². The maximum Gasteiger partial charge on any atom is 0.408 e. The number of pyridine rings is 1. The first-order valence-corrected chi connectivity index (χ1v) is 21.7. The number of carbonyl (C=O) groups is 4. The number of hydrogen-bond acceptors (Lipinski definition) is 12. The van der Waals surface area contributed by atoms with Crippen LogP contribution in [0.5, 0.6) is 5.75 Å². The van der Waals surface area contributed by atoms with E-state index in [-0.39, 0.29) is 43.9 Å². The van der Waals surface area contributed by atoms with Gasteiger partial charge in [0, 0.05) is 47.2 Å². The molecule has 1 spiro atoms. The number of carboxylic acids is 1. The average molecular weight is 830 g/mol. The van der Waals surface area contributed by atoms with E-state index in [1.807, 2.05) is 69.5 Å². The number of nitrogens with zero attached hydrogens (tertiary/aromatic N) is 4. The van der Waals surface area contributed by atoms with Crippen LogP contribution >= 0.6 is 11.3 Å². The zero-order valence-corrected chi connectivity index (χ0v) is 35.2. The summed E-state index contributed by atoms with van der Waals surface area (Å²) in [4.78, 5) is 72.6. The summed E-state index contributed by atoms with van der Waals surface area (Å²) in [6, 6.07) is 5.68. The van der Waals surface area contributed by atoms with Gasteiger partial charge < -0.3 is 40.3 Å². The Morgan fingerprint density at radius 3 is 2.69 bits per heavy atom. The number of methoxy groups -OCH3 is 1. The lowest BCUT2D eigenvalue weighted by atomic mass is 9.90. The quantitative estimate of drug-likeness (QED) is 0.149. The Balaban J connectivity index is 1.21. The van der Waals surface area contributed by atoms with Gasteiger partial charge in [-0.3, -0.25) is 9.59 Å². The van der Waals surface area contributed by atoms with Crippen LogP contribution in [0.15, 0.2) is 47.0 Å². The van der Waals surface area contributed by atoms with Crippen LogP contribution in [0.3, 0.4) is 0 Å². The number of ether oxygens (including phenoxy) is 2. The van der Waals surface area contributed by atoms with Crippen molar-refractivity contribution < 1.29 is 38.6 Å². The molecule has 16 heteroatoms. The number of alkyl carbamates (subject to hydrolysis) is 1. The first-order chi connectivity index (χ1) is 28.4. The van der Waals surface area contributed by atoms with Gasteiger partial charge in [0.25, 0.3) is 0 Å². The van der Waals surface area contributed by atoms with Gasteiger partial charge in [0.05, 0.1) is 30.6 Å². The Morgan fingerprint density at radius 2 is 1.95 bits per heavy atom. The number of carbonyl (C=O) groups excluding carboxylic acids is 3. The number of oxime groups is 1. The maximum atomic E-state index is 14.8. The van der Waals surface area contributed by atoms with Crippen molar-refractivity contribution in [1.82, 2.24) is 25.5 Å². The van der Waals surface area contributed by atoms with E-state index < -0.39 is 47.1 Å². The number of aromatic nitrogens is 2. The van der Waals surface area contributed by atoms with Gasteiger partial charge in [-0.2, -0.15) is 0 Å². The summed E-state index contributed by atoms with van der Waals surface area (Å²) in [5, 5.41) is 27.5. The number of amides is 3. The van der Waals surface area contributed by atoms with E-state index in [4.69, 9.17) is 24.3 Å². The molecule has 4 aliphatic rings. The lowest BCUT2D eigenvalue weighted by molar-refractivity contribution is -0.145. The van der Waals surface area contributed by atoms with E-state index >= 15 is 0 Å². The molecule has 1 aromatic carbocycles. The van der Waals surface area contributed by atoms with Crippen LogP contribution in [0.1, 0.15) is 104 Å². The number of anilines is 1. The monoisotopic (exact) mass is 829 g/mol. The molecule has 15 nitrogen and oxygen atoms in total. The molecule has 3 amide bonds. The summed E-state index contributed by atoms with van der Waals surface area (Å²) in [6.45, 7) is 8.05. The number of allylic oxidation sites excluding steroid dienone is 1. The summed E-state index contributed by atoms with van der Waals surface area (Å²) >= 11 is 1.49. The van der Waals surface area contributed by atoms with Crippen LogP contribution in [-0.4, -0.2) is 98.6 Å². The molecule has 6 atom stereocenters. The average Bonchev–Trinajstić information content (AvgIpc) is 3.53. The van der Waals surface area contributed by atoms with Crippen molar-refractivity contribution in [2.75, 3.05) is 19.0 Å². The van der Waals surface area contributed by atoms with Gasteiger partial charge >= 0.3 is 12.1 Å². The molecule has 2 fully saturated rings. The molecule has 3 aliphatic heterocycles. The molecule has 0 bridgehead atoms. The van der Waals surface area contributed by atoms with Gasteiger partial charge in [-0.15, -0.1) is 11.3 Å². The second kappa shape index (κ2) is 17.5. The topological polar surface area (TPSA) is 194 Å². The van der Waals surface area contributed by atoms with E-state index in [0.717, 1.165) is 41.8 Å². The Bertz CT molecular complexity index is 2140. The number of hydrogen-bond donors (Lipinski definition) is 4. The third-order valence-electron chi connectivity index (χ3n) is 11.7. The van der Waals surface area contributed by atoms with Gasteiger partial charge in [0.1, 0.15) is 35.2 Å². The number of carboxylic acid groups (broad SMARTS) is 1. The van der Waals surface area contributed by atoms with Crippen LogP contribution in [0.4, 0.5) is 9.93 Å². The summed E-state index contributed by atoms with van der Waals surface area (Å²) in [5.41, 5.74) is 0.748. The molecule has 3 aromatic rings. The zero-order chi connectivity index (χ0) is 41.9. The highest BCUT2D eigenvalue weighted by Crippen LogP contribution is 2.47. The standard InChI is InChI=1S/C43H55N7O8S/c1-6-13-27(7-2)57-41(55)47-31-15-12-10-8-9-11-14-26-20-43(26,39(53)54)48-37(51)36-22-42(24-50(36)38(31)52)21-34(49-58-42)30-19-33(35-23-59-40(46-35)44-25(3)4)45-32-18-28(56-5)16-17-29(30)32/h11,14,16-19,23,25-27,31,36H,6-10,12-13,15,20-22,24H2,1-5H3,(H,44,46)(H,47,55)(H,48,51)(H,53,54)/b14-11-/t26-,27?,31+,36+,42?,43-/m1/s1. The second-order valence-electron chi connectivity index (χ2n) is 16.5. The number of thiazole rings is 1. The molecule has 2 unspecified atom stereocenters. The molecule has 316 valence electrons. The molecular weight excluding hydrogens is 775 g/mol. The maximum absolute atomic E-state index is 14.8. The largest absolute Gasteiger partial charge is 0.497 e. The summed E-state index contributed by atoms with van der Waals surface area (Å²) in [6.07, 6.45) is 8.94. The zero-order valence-electron chi connectivity index (χ0n) is 34.4. The second-order valence-corrected chi connectivity index (χ2v) is 17.4. The number of rotatable bonds is 11. The number of aliphatic carboxylic acids is 1. The van der Waals surface area contributed by atoms with Crippen molar-refractivity contribution in [2.24, 2.45) is 11.1 Å². The number of benzene rings is 1. The van der Waals surface area contributed by atoms with Crippen LogP contribution in [0, 0.1) is 5.92 Å². The summed E-state index contributed by atoms with van der Waals surface area (Å²) in [7, 11) is 1.60. The lowest BCUT2D eigenvalue weighted by Crippen LogP contribution is -2.56. The molecule has 59 heavy (non-hydrogen) atoms. The molecule has 4 N–H and O–H groups in total. The molecule has 5 heterocycles. The summed E-state index contributed by atoms with van der Waals surface area (Å²) in [5.74, 6) is -1.90. The Kier molecular flexibility index (Phi) is 12.5. The van der Waals surface area contributed by atoms with Crippen molar-refractivity contribution in [3.05, 3.63) is 47.4 Å². The summed E-state index contributed by atoms with van der Waals surface area (Å²) < 4.78 is 11.3. The highest BCUT2D eigenvalue weighted by atomic mass is 32.1. The highest BCUT2D eigenvalue weighted by molar-refractivity contribution is 7.14. The van der Waals surface area contributed by atoms with Crippen LogP contribution < -0.4 is 20.7 Å². The van der Waals surface area contributed by atoms with Gasteiger partial charge in [-0.25, -0.2) is 19.6 Å². The predicted octanol–water partition coefficient (Wildman–Crippen LogP) is 6.80. The Hall–Kier alpha value is -5.25. The molecule has 1 saturated heterocycles. The third kappa shape index (κ3) is 9.02. The van der Waals surface area contributed by atoms with Crippen LogP contribution in [0.25, 0.3) is 22.3 Å². The van der Waals surface area contributed by atoms with E-state index in [1.165, 1.54) is 16.2 Å². The minimum absolute atomic E-state index is 0.0129. The fourth-order valence-electron chi connectivity index (χ4n) is 8.45. The van der Waals surface area contributed by atoms with Crippen LogP contribution in [-0.2, 0) is 24.0 Å². The smallest absolute Gasteiger partial charge is 0.408 e. The van der Waals surface area contributed by atoms with Gasteiger partial charge in [0.2, 0.25) is 11.8 Å². The number of fused-ring (bicyclic) bond motifs is 3. The normalized spacial score (nSPS) is 26.8. The van der Waals surface area contributed by atoms with Crippen molar-refractivity contribution in [3.63, 3.8) is 0 Å². The van der Waals surface area contributed by atoms with Crippen molar-refractivity contribution in [2.45, 2.75) is 134 Å². The minimum Gasteiger partial charge on any atom is -0.497 e. The fourth-order valence-corrected chi connectivity index (χ4v) is 9.30. The SMILES string of the molecule is CCCC(CC)OC(=O)N[C@H]1CCCCC/C=C\[C@@H]2C[C@@]2(C(=O)O)NC(=O)[C@@H]2CC3(CC(c4cc(-c5csc(NC(C)C)n5)nc5cc(OC)ccc45)=NO3)CN2C1=O. The van der Waals surface area contributed by atoms with E-state index in [1.54, 1.807) is 7.11 Å². The first kappa shape index (κ1) is 41.9. The van der Waals surface area contributed by atoms with Gasteiger partial charge in [-0.1, -0.05) is 50.4 Å². The fraction of sp³-hybridized carbons (Fsp3) is 0.558. The van der Waals surface area contributed by atoms with Crippen molar-refractivity contribution >= 4 is 57.0 Å². The van der Waals surface area contributed by atoms with E-state index in [0.29, 0.717) is 54.0 Å². The van der Waals surface area contributed by atoms with E-state index in [2.05, 4.69) is 21.1 Å². The molecule has 2 aromatic heterocycles. The number of nitrogens with one attached hydrogen (secondary N) is 3. The molecule has 1 aliphatic carbocycles.